The lowest BCUT2D eigenvalue weighted by atomic mass is 10.0. The van der Waals surface area contributed by atoms with Gasteiger partial charge < -0.3 is 9.47 Å². The van der Waals surface area contributed by atoms with Crippen LogP contribution in [0.2, 0.25) is 0 Å². The highest BCUT2D eigenvalue weighted by molar-refractivity contribution is 5.66. The fourth-order valence-corrected chi connectivity index (χ4v) is 2.03. The molecule has 0 bridgehead atoms. The summed E-state index contributed by atoms with van der Waals surface area (Å²) in [4.78, 5) is 11.0. The molecule has 0 saturated carbocycles. The number of rotatable bonds is 7. The Hall–Kier alpha value is -1.09. The highest BCUT2D eigenvalue weighted by Gasteiger charge is 2.46. The molecule has 1 rings (SSSR count). The predicted molar refractivity (Wildman–Crippen MR) is 72.3 cm³/mol. The molecule has 2 atom stereocenters. The molecule has 0 spiro atoms. The lowest BCUT2D eigenvalue weighted by molar-refractivity contribution is -0.144. The van der Waals surface area contributed by atoms with Crippen LogP contribution in [0.5, 0.6) is 0 Å². The third-order valence-electron chi connectivity index (χ3n) is 3.15. The minimum absolute atomic E-state index is 0.0523. The van der Waals surface area contributed by atoms with Gasteiger partial charge in [0.2, 0.25) is 0 Å². The Bertz CT molecular complexity index is 342. The summed E-state index contributed by atoms with van der Waals surface area (Å²) in [6.45, 7) is 11.4. The van der Waals surface area contributed by atoms with Crippen molar-refractivity contribution in [3.05, 3.63) is 24.3 Å². The van der Waals surface area contributed by atoms with Gasteiger partial charge in [0.25, 0.3) is 0 Å². The lowest BCUT2D eigenvalue weighted by Crippen LogP contribution is -2.13. The molecule has 102 valence electrons. The molecule has 1 aliphatic heterocycles. The number of epoxide rings is 1. The van der Waals surface area contributed by atoms with Gasteiger partial charge in [0.1, 0.15) is 6.10 Å². The van der Waals surface area contributed by atoms with E-state index in [0.29, 0.717) is 12.5 Å². The predicted octanol–water partition coefficient (Wildman–Crippen LogP) is 3.40. The summed E-state index contributed by atoms with van der Waals surface area (Å²) < 4.78 is 10.7. The summed E-state index contributed by atoms with van der Waals surface area (Å²) in [6, 6.07) is 0. The normalized spacial score (nSPS) is 23.3. The van der Waals surface area contributed by atoms with Crippen molar-refractivity contribution in [3.63, 3.8) is 0 Å². The molecule has 1 fully saturated rings. The molecule has 18 heavy (non-hydrogen) atoms. The standard InChI is InChI=1S/C15H24O3/c1-6-7-13(17-12(3)16)10-11(2)8-9-14-15(4,5)18-14/h6,10,13-14H,1,7-9H2,2-5H3/b11-10+. The molecule has 3 nitrogen and oxygen atoms in total. The van der Waals surface area contributed by atoms with Crippen LogP contribution >= 0.6 is 0 Å². The van der Waals surface area contributed by atoms with Crippen molar-refractivity contribution in [2.24, 2.45) is 0 Å². The maximum atomic E-state index is 11.0. The number of hydrogen-bond acceptors (Lipinski definition) is 3. The van der Waals surface area contributed by atoms with Crippen LogP contribution in [0.15, 0.2) is 24.3 Å². The zero-order valence-corrected chi connectivity index (χ0v) is 11.9. The molecule has 0 radical (unpaired) electrons. The fourth-order valence-electron chi connectivity index (χ4n) is 2.03. The molecule has 1 heterocycles. The van der Waals surface area contributed by atoms with Gasteiger partial charge in [0, 0.05) is 13.3 Å². The molecule has 3 heteroatoms. The second-order valence-electron chi connectivity index (χ2n) is 5.43. The molecule has 1 aliphatic rings. The second-order valence-corrected chi connectivity index (χ2v) is 5.43. The van der Waals surface area contributed by atoms with E-state index in [1.807, 2.05) is 6.08 Å². The summed E-state index contributed by atoms with van der Waals surface area (Å²) in [7, 11) is 0. The Balaban J connectivity index is 2.40. The van der Waals surface area contributed by atoms with Gasteiger partial charge in [-0.2, -0.15) is 0 Å². The Kier molecular flexibility index (Phi) is 5.15. The number of carbonyl (C=O) groups is 1. The summed E-state index contributed by atoms with van der Waals surface area (Å²) in [5.41, 5.74) is 1.28. The van der Waals surface area contributed by atoms with Crippen LogP contribution in [0.4, 0.5) is 0 Å². The summed E-state index contributed by atoms with van der Waals surface area (Å²) in [5.74, 6) is -0.252. The number of carbonyl (C=O) groups excluding carboxylic acids is 1. The van der Waals surface area contributed by atoms with Crippen LogP contribution in [-0.4, -0.2) is 23.8 Å². The Morgan fingerprint density at radius 1 is 1.50 bits per heavy atom. The average Bonchev–Trinajstić information content (AvgIpc) is 2.83. The van der Waals surface area contributed by atoms with Gasteiger partial charge in [-0.25, -0.2) is 0 Å². The highest BCUT2D eigenvalue weighted by atomic mass is 16.6. The van der Waals surface area contributed by atoms with Gasteiger partial charge in [-0.05, 0) is 39.7 Å². The first kappa shape index (κ1) is 15.0. The molecule has 0 amide bonds. The first-order valence-corrected chi connectivity index (χ1v) is 6.48. The van der Waals surface area contributed by atoms with Crippen LogP contribution in [0.1, 0.15) is 47.0 Å². The van der Waals surface area contributed by atoms with E-state index in [-0.39, 0.29) is 17.7 Å². The smallest absolute Gasteiger partial charge is 0.303 e. The van der Waals surface area contributed by atoms with Crippen molar-refractivity contribution in [2.75, 3.05) is 0 Å². The Labute approximate surface area is 110 Å². The molecule has 0 aromatic carbocycles. The van der Waals surface area contributed by atoms with E-state index >= 15 is 0 Å². The van der Waals surface area contributed by atoms with Crippen molar-refractivity contribution < 1.29 is 14.3 Å². The zero-order chi connectivity index (χ0) is 13.8. The summed E-state index contributed by atoms with van der Waals surface area (Å²) >= 11 is 0. The minimum Gasteiger partial charge on any atom is -0.458 e. The fraction of sp³-hybridized carbons (Fsp3) is 0.667. The van der Waals surface area contributed by atoms with Gasteiger partial charge >= 0.3 is 5.97 Å². The quantitative estimate of drug-likeness (QED) is 0.396. The minimum atomic E-state index is -0.252. The molecule has 0 N–H and O–H groups in total. The van der Waals surface area contributed by atoms with Gasteiger partial charge in [-0.3, -0.25) is 4.79 Å². The van der Waals surface area contributed by atoms with Crippen LogP contribution in [0.25, 0.3) is 0 Å². The molecular weight excluding hydrogens is 228 g/mol. The number of ether oxygens (including phenoxy) is 2. The van der Waals surface area contributed by atoms with E-state index in [0.717, 1.165) is 12.8 Å². The maximum Gasteiger partial charge on any atom is 0.303 e. The summed E-state index contributed by atoms with van der Waals surface area (Å²) in [6.07, 6.45) is 6.62. The molecule has 2 unspecified atom stereocenters. The molecule has 0 aromatic heterocycles. The van der Waals surface area contributed by atoms with Crippen molar-refractivity contribution in [1.29, 1.82) is 0 Å². The van der Waals surface area contributed by atoms with Crippen LogP contribution in [0, 0.1) is 0 Å². The lowest BCUT2D eigenvalue weighted by Gasteiger charge is -2.12. The van der Waals surface area contributed by atoms with Crippen molar-refractivity contribution in [2.45, 2.75) is 64.8 Å². The maximum absolute atomic E-state index is 11.0. The van der Waals surface area contributed by atoms with E-state index in [1.165, 1.54) is 12.5 Å². The van der Waals surface area contributed by atoms with Gasteiger partial charge in [0.15, 0.2) is 0 Å². The number of hydrogen-bond donors (Lipinski definition) is 0. The van der Waals surface area contributed by atoms with Crippen molar-refractivity contribution in [1.82, 2.24) is 0 Å². The van der Waals surface area contributed by atoms with E-state index in [9.17, 15) is 4.79 Å². The first-order chi connectivity index (χ1) is 8.35. The molecular formula is C15H24O3. The largest absolute Gasteiger partial charge is 0.458 e. The monoisotopic (exact) mass is 252 g/mol. The van der Waals surface area contributed by atoms with Gasteiger partial charge in [-0.1, -0.05) is 11.6 Å². The topological polar surface area (TPSA) is 38.8 Å². The molecule has 0 aromatic rings. The van der Waals surface area contributed by atoms with Crippen LogP contribution in [-0.2, 0) is 14.3 Å². The summed E-state index contributed by atoms with van der Waals surface area (Å²) in [5, 5.41) is 0. The van der Waals surface area contributed by atoms with E-state index < -0.39 is 0 Å². The van der Waals surface area contributed by atoms with Gasteiger partial charge in [0.05, 0.1) is 11.7 Å². The SMILES string of the molecule is C=CCC(/C=C(\C)CCC1OC1(C)C)OC(C)=O. The van der Waals surface area contributed by atoms with E-state index in [1.54, 1.807) is 6.08 Å². The van der Waals surface area contributed by atoms with Crippen molar-refractivity contribution in [3.8, 4) is 0 Å². The number of esters is 1. The first-order valence-electron chi connectivity index (χ1n) is 6.48. The third kappa shape index (κ3) is 5.05. The second kappa shape index (κ2) is 6.19. The molecule has 0 aliphatic carbocycles. The zero-order valence-electron chi connectivity index (χ0n) is 11.9. The van der Waals surface area contributed by atoms with Gasteiger partial charge in [-0.15, -0.1) is 6.58 Å². The third-order valence-corrected chi connectivity index (χ3v) is 3.15. The number of allylic oxidation sites excluding steroid dienone is 1. The van der Waals surface area contributed by atoms with Crippen molar-refractivity contribution >= 4 is 5.97 Å². The average molecular weight is 252 g/mol. The molecule has 1 saturated heterocycles. The van der Waals surface area contributed by atoms with Crippen LogP contribution < -0.4 is 0 Å². The van der Waals surface area contributed by atoms with Crippen LogP contribution in [0.3, 0.4) is 0 Å². The Morgan fingerprint density at radius 2 is 2.11 bits per heavy atom. The van der Waals surface area contributed by atoms with E-state index in [4.69, 9.17) is 9.47 Å². The van der Waals surface area contributed by atoms with E-state index in [2.05, 4.69) is 27.4 Å². The highest BCUT2D eigenvalue weighted by Crippen LogP contribution is 2.38. The Morgan fingerprint density at radius 3 is 2.56 bits per heavy atom.